The number of benzene rings is 2. The van der Waals surface area contributed by atoms with Crippen LogP contribution in [0.1, 0.15) is 43.5 Å². The number of carbonyl (C=O) groups excluding carboxylic acids is 2. The van der Waals surface area contributed by atoms with E-state index in [0.29, 0.717) is 17.0 Å². The van der Waals surface area contributed by atoms with Crippen molar-refractivity contribution < 1.29 is 19.4 Å². The summed E-state index contributed by atoms with van der Waals surface area (Å²) in [6, 6.07) is 12.2. The van der Waals surface area contributed by atoms with Crippen LogP contribution >= 0.6 is 0 Å². The molecule has 0 radical (unpaired) electrons. The molecule has 1 unspecified atom stereocenters. The van der Waals surface area contributed by atoms with E-state index in [0.717, 1.165) is 11.1 Å². The van der Waals surface area contributed by atoms with Gasteiger partial charge < -0.3 is 9.84 Å². The fraction of sp³-hybridized carbons (Fsp3) is 0.333. The number of hydrogen-bond acceptors (Lipinski definition) is 4. The van der Waals surface area contributed by atoms with E-state index in [4.69, 9.17) is 4.74 Å². The van der Waals surface area contributed by atoms with Gasteiger partial charge in [-0.1, -0.05) is 51.1 Å². The second-order valence-electron chi connectivity index (χ2n) is 8.38. The van der Waals surface area contributed by atoms with Gasteiger partial charge in [-0.25, -0.2) is 0 Å². The zero-order valence-electron chi connectivity index (χ0n) is 17.7. The number of para-hydroxylation sites is 1. The Morgan fingerprint density at radius 1 is 1.07 bits per heavy atom. The first kappa shape index (κ1) is 20.6. The molecule has 1 N–H and O–H groups in total. The number of ketones is 1. The molecule has 0 aliphatic carbocycles. The van der Waals surface area contributed by atoms with Gasteiger partial charge in [0.2, 0.25) is 0 Å². The Hall–Kier alpha value is -3.08. The summed E-state index contributed by atoms with van der Waals surface area (Å²) >= 11 is 0. The van der Waals surface area contributed by atoms with Gasteiger partial charge in [0.05, 0.1) is 18.7 Å². The normalized spacial score (nSPS) is 17.1. The molecule has 0 fully saturated rings. The van der Waals surface area contributed by atoms with Crippen LogP contribution in [0.4, 0.5) is 5.69 Å². The molecular formula is C24H27NO4. The zero-order valence-corrected chi connectivity index (χ0v) is 17.7. The monoisotopic (exact) mass is 393 g/mol. The zero-order chi connectivity index (χ0) is 21.5. The predicted molar refractivity (Wildman–Crippen MR) is 113 cm³/mol. The fourth-order valence-corrected chi connectivity index (χ4v) is 3.67. The lowest BCUT2D eigenvalue weighted by molar-refractivity contribution is -0.123. The molecule has 0 saturated heterocycles. The van der Waals surface area contributed by atoms with Crippen molar-refractivity contribution in [1.29, 1.82) is 0 Å². The average molecular weight is 393 g/mol. The highest BCUT2D eigenvalue weighted by Gasteiger charge is 2.47. The molecule has 2 aromatic rings. The van der Waals surface area contributed by atoms with Gasteiger partial charge in [-0.2, -0.15) is 0 Å². The Labute approximate surface area is 171 Å². The molecule has 5 heteroatoms. The van der Waals surface area contributed by atoms with E-state index < -0.39 is 23.1 Å². The number of ether oxygens (including phenoxy) is 1. The van der Waals surface area contributed by atoms with E-state index in [1.54, 1.807) is 33.9 Å². The number of amides is 1. The molecule has 1 heterocycles. The van der Waals surface area contributed by atoms with Crippen molar-refractivity contribution in [2.75, 3.05) is 12.0 Å². The molecule has 1 aliphatic rings. The summed E-state index contributed by atoms with van der Waals surface area (Å²) in [5.41, 5.74) is 2.59. The average Bonchev–Trinajstić information content (AvgIpc) is 2.93. The molecule has 2 aromatic carbocycles. The van der Waals surface area contributed by atoms with E-state index in [9.17, 15) is 14.7 Å². The van der Waals surface area contributed by atoms with Gasteiger partial charge in [-0.05, 0) is 37.1 Å². The van der Waals surface area contributed by atoms with E-state index in [1.165, 1.54) is 4.90 Å². The van der Waals surface area contributed by atoms with Crippen molar-refractivity contribution in [1.82, 2.24) is 0 Å². The lowest BCUT2D eigenvalue weighted by atomic mass is 9.82. The van der Waals surface area contributed by atoms with Crippen LogP contribution in [-0.2, 0) is 9.59 Å². The van der Waals surface area contributed by atoms with Gasteiger partial charge in [0.1, 0.15) is 5.75 Å². The van der Waals surface area contributed by atoms with Crippen LogP contribution in [0.25, 0.3) is 0 Å². The number of aliphatic hydroxyl groups is 1. The summed E-state index contributed by atoms with van der Waals surface area (Å²) in [7, 11) is 1.55. The number of methoxy groups -OCH3 is 1. The van der Waals surface area contributed by atoms with Crippen molar-refractivity contribution in [3.05, 3.63) is 70.5 Å². The third kappa shape index (κ3) is 3.41. The molecule has 3 rings (SSSR count). The van der Waals surface area contributed by atoms with Crippen molar-refractivity contribution in [2.45, 2.75) is 40.7 Å². The van der Waals surface area contributed by atoms with E-state index in [-0.39, 0.29) is 11.4 Å². The maximum atomic E-state index is 13.3. The number of hydrogen-bond donors (Lipinski definition) is 1. The van der Waals surface area contributed by atoms with Crippen molar-refractivity contribution >= 4 is 17.4 Å². The Morgan fingerprint density at radius 2 is 1.72 bits per heavy atom. The fourth-order valence-electron chi connectivity index (χ4n) is 3.67. The number of nitrogens with zero attached hydrogens (tertiary/aromatic N) is 1. The number of aliphatic hydroxyl groups excluding tert-OH is 1. The number of anilines is 1. The van der Waals surface area contributed by atoms with Crippen LogP contribution in [-0.4, -0.2) is 23.9 Å². The van der Waals surface area contributed by atoms with Crippen LogP contribution in [0.2, 0.25) is 0 Å². The van der Waals surface area contributed by atoms with Gasteiger partial charge >= 0.3 is 0 Å². The molecule has 1 atom stereocenters. The third-order valence-electron chi connectivity index (χ3n) is 5.40. The first-order valence-electron chi connectivity index (χ1n) is 9.60. The SMILES string of the molecule is COc1ccccc1C1C(C(=O)C(C)(C)C)=C(O)C(=O)N1c1cccc(C)c1C. The van der Waals surface area contributed by atoms with Crippen LogP contribution in [0, 0.1) is 19.3 Å². The molecule has 152 valence electrons. The predicted octanol–water partition coefficient (Wildman–Crippen LogP) is 4.83. The Morgan fingerprint density at radius 3 is 2.34 bits per heavy atom. The summed E-state index contributed by atoms with van der Waals surface area (Å²) in [6.45, 7) is 9.23. The molecule has 0 bridgehead atoms. The van der Waals surface area contributed by atoms with Gasteiger partial charge in [0.25, 0.3) is 5.91 Å². The summed E-state index contributed by atoms with van der Waals surface area (Å²) in [5, 5.41) is 10.8. The topological polar surface area (TPSA) is 66.8 Å². The minimum atomic E-state index is -0.772. The molecule has 1 amide bonds. The van der Waals surface area contributed by atoms with Crippen LogP contribution < -0.4 is 9.64 Å². The van der Waals surface area contributed by atoms with Crippen LogP contribution in [0.3, 0.4) is 0 Å². The minimum Gasteiger partial charge on any atom is -0.503 e. The summed E-state index contributed by atoms with van der Waals surface area (Å²) in [5.74, 6) is -0.800. The van der Waals surface area contributed by atoms with Crippen molar-refractivity contribution in [3.8, 4) is 5.75 Å². The number of aryl methyl sites for hydroxylation is 1. The standard InChI is InChI=1S/C24H27NO4/c1-14-10-9-12-17(15(14)2)25-20(16-11-7-8-13-18(16)29-6)19(21(26)23(25)28)22(27)24(3,4)5/h7-13,20,26H,1-6H3. The molecule has 0 saturated carbocycles. The summed E-state index contributed by atoms with van der Waals surface area (Å²) in [6.07, 6.45) is 0. The molecule has 5 nitrogen and oxygen atoms in total. The second-order valence-corrected chi connectivity index (χ2v) is 8.38. The lowest BCUT2D eigenvalue weighted by Crippen LogP contribution is -2.33. The Kier molecular flexibility index (Phi) is 5.26. The second kappa shape index (κ2) is 7.39. The summed E-state index contributed by atoms with van der Waals surface area (Å²) in [4.78, 5) is 28.0. The number of carbonyl (C=O) groups is 2. The minimum absolute atomic E-state index is 0.105. The Bertz CT molecular complexity index is 1010. The number of Topliss-reactive ketones (excluding diaryl/α,β-unsaturated/α-hetero) is 1. The molecule has 1 aliphatic heterocycles. The van der Waals surface area contributed by atoms with Gasteiger partial charge in [0.15, 0.2) is 11.5 Å². The largest absolute Gasteiger partial charge is 0.503 e. The first-order chi connectivity index (χ1) is 13.6. The molecular weight excluding hydrogens is 366 g/mol. The summed E-state index contributed by atoms with van der Waals surface area (Å²) < 4.78 is 5.53. The number of rotatable bonds is 4. The van der Waals surface area contributed by atoms with E-state index in [2.05, 4.69) is 0 Å². The molecule has 0 aromatic heterocycles. The van der Waals surface area contributed by atoms with E-state index >= 15 is 0 Å². The molecule has 0 spiro atoms. The van der Waals surface area contributed by atoms with Crippen molar-refractivity contribution in [3.63, 3.8) is 0 Å². The highest BCUT2D eigenvalue weighted by Crippen LogP contribution is 2.46. The Balaban J connectivity index is 2.31. The van der Waals surface area contributed by atoms with Crippen LogP contribution in [0.15, 0.2) is 53.8 Å². The highest BCUT2D eigenvalue weighted by molar-refractivity contribution is 6.17. The quantitative estimate of drug-likeness (QED) is 0.808. The van der Waals surface area contributed by atoms with Crippen LogP contribution in [0.5, 0.6) is 5.75 Å². The maximum absolute atomic E-state index is 13.3. The molecule has 29 heavy (non-hydrogen) atoms. The third-order valence-corrected chi connectivity index (χ3v) is 5.40. The van der Waals surface area contributed by atoms with Gasteiger partial charge in [-0.3, -0.25) is 14.5 Å². The smallest absolute Gasteiger partial charge is 0.294 e. The van der Waals surface area contributed by atoms with Gasteiger partial charge in [0, 0.05) is 16.7 Å². The highest BCUT2D eigenvalue weighted by atomic mass is 16.5. The van der Waals surface area contributed by atoms with Gasteiger partial charge in [-0.15, -0.1) is 0 Å². The van der Waals surface area contributed by atoms with E-state index in [1.807, 2.05) is 50.2 Å². The van der Waals surface area contributed by atoms with Crippen molar-refractivity contribution in [2.24, 2.45) is 5.41 Å². The maximum Gasteiger partial charge on any atom is 0.294 e. The lowest BCUT2D eigenvalue weighted by Gasteiger charge is -2.31. The first-order valence-corrected chi connectivity index (χ1v) is 9.60.